The highest BCUT2D eigenvalue weighted by molar-refractivity contribution is 7.91. The fourth-order valence-corrected chi connectivity index (χ4v) is 6.43. The van der Waals surface area contributed by atoms with Gasteiger partial charge in [0.1, 0.15) is 5.76 Å². The molecule has 0 saturated carbocycles. The summed E-state index contributed by atoms with van der Waals surface area (Å²) in [6, 6.07) is 14.7. The molecule has 158 valence electrons. The number of hydrogen-bond acceptors (Lipinski definition) is 6. The van der Waals surface area contributed by atoms with Crippen molar-refractivity contribution >= 4 is 20.6 Å². The van der Waals surface area contributed by atoms with Crippen molar-refractivity contribution in [2.75, 3.05) is 37.7 Å². The fraction of sp³-hybridized carbons (Fsp3) is 0.435. The first-order chi connectivity index (χ1) is 14.5. The Hall–Kier alpha value is -2.22. The molecular weight excluding hydrogens is 398 g/mol. The van der Waals surface area contributed by atoms with Gasteiger partial charge in [0.15, 0.2) is 9.84 Å². The molecule has 2 fully saturated rings. The summed E-state index contributed by atoms with van der Waals surface area (Å²) < 4.78 is 29.6. The maximum atomic E-state index is 11.8. The number of hydrogen-bond donors (Lipinski definition) is 0. The summed E-state index contributed by atoms with van der Waals surface area (Å²) in [4.78, 5) is 9.57. The highest BCUT2D eigenvalue weighted by Gasteiger charge is 2.33. The molecule has 0 aliphatic carbocycles. The number of aromatic nitrogens is 1. The summed E-state index contributed by atoms with van der Waals surface area (Å²) >= 11 is 0. The van der Waals surface area contributed by atoms with Crippen LogP contribution in [0.1, 0.15) is 17.9 Å². The normalized spacial score (nSPS) is 22.6. The predicted molar refractivity (Wildman–Crippen MR) is 118 cm³/mol. The Kier molecular flexibility index (Phi) is 5.13. The zero-order valence-corrected chi connectivity index (χ0v) is 18.1. The first-order valence-corrected chi connectivity index (χ1v) is 12.4. The van der Waals surface area contributed by atoms with Gasteiger partial charge < -0.3 is 4.42 Å². The Balaban J connectivity index is 1.27. The van der Waals surface area contributed by atoms with E-state index >= 15 is 0 Å². The monoisotopic (exact) mass is 425 g/mol. The van der Waals surface area contributed by atoms with E-state index in [9.17, 15) is 8.42 Å². The van der Waals surface area contributed by atoms with E-state index in [2.05, 4.69) is 34.1 Å². The van der Waals surface area contributed by atoms with Gasteiger partial charge in [0, 0.05) is 44.3 Å². The number of oxazole rings is 1. The number of rotatable bonds is 4. The van der Waals surface area contributed by atoms with E-state index in [0.717, 1.165) is 61.5 Å². The van der Waals surface area contributed by atoms with Crippen LogP contribution in [0.2, 0.25) is 0 Å². The number of benzene rings is 2. The summed E-state index contributed by atoms with van der Waals surface area (Å²) in [5.74, 6) is 2.20. The van der Waals surface area contributed by atoms with Crippen LogP contribution in [-0.2, 0) is 16.4 Å². The van der Waals surface area contributed by atoms with Crippen LogP contribution in [-0.4, -0.2) is 66.9 Å². The summed E-state index contributed by atoms with van der Waals surface area (Å²) in [6.07, 6.45) is 0.777. The van der Waals surface area contributed by atoms with Crippen molar-refractivity contribution in [2.24, 2.45) is 0 Å². The standard InChI is InChI=1S/C23H27N3O3S/c1-17-22(15-25-10-12-26(13-11-25)19-9-14-30(27,28)16-19)24-23(29-17)21-8-4-6-18-5-2-3-7-20(18)21/h2-8,19H,9-16H2,1H3. The molecule has 3 aromatic rings. The number of nitrogens with zero attached hydrogens (tertiary/aromatic N) is 3. The molecule has 5 rings (SSSR count). The average molecular weight is 426 g/mol. The maximum absolute atomic E-state index is 11.8. The Morgan fingerprint density at radius 1 is 1.07 bits per heavy atom. The summed E-state index contributed by atoms with van der Waals surface area (Å²) in [5.41, 5.74) is 2.00. The predicted octanol–water partition coefficient (Wildman–Crippen LogP) is 3.11. The minimum atomic E-state index is -2.83. The van der Waals surface area contributed by atoms with Crippen LogP contribution in [0.25, 0.3) is 22.2 Å². The van der Waals surface area contributed by atoms with Gasteiger partial charge in [-0.1, -0.05) is 36.4 Å². The number of piperazine rings is 1. The third kappa shape index (κ3) is 3.89. The highest BCUT2D eigenvalue weighted by atomic mass is 32.2. The molecule has 0 bridgehead atoms. The van der Waals surface area contributed by atoms with E-state index in [0.29, 0.717) is 17.4 Å². The molecule has 2 saturated heterocycles. The molecule has 0 spiro atoms. The van der Waals surface area contributed by atoms with Crippen molar-refractivity contribution < 1.29 is 12.8 Å². The van der Waals surface area contributed by atoms with Gasteiger partial charge in [-0.15, -0.1) is 0 Å². The molecule has 2 aliphatic rings. The fourth-order valence-electron chi connectivity index (χ4n) is 4.66. The van der Waals surface area contributed by atoms with Crippen LogP contribution < -0.4 is 0 Å². The molecule has 6 nitrogen and oxygen atoms in total. The molecule has 2 aromatic carbocycles. The molecule has 0 N–H and O–H groups in total. The highest BCUT2D eigenvalue weighted by Crippen LogP contribution is 2.30. The molecule has 1 unspecified atom stereocenters. The van der Waals surface area contributed by atoms with Crippen molar-refractivity contribution in [3.8, 4) is 11.5 Å². The Bertz CT molecular complexity index is 1160. The molecule has 2 aliphatic heterocycles. The lowest BCUT2D eigenvalue weighted by molar-refractivity contribution is 0.0990. The van der Waals surface area contributed by atoms with Gasteiger partial charge in [-0.25, -0.2) is 13.4 Å². The van der Waals surface area contributed by atoms with Crippen molar-refractivity contribution in [1.82, 2.24) is 14.8 Å². The SMILES string of the molecule is Cc1oc(-c2cccc3ccccc23)nc1CN1CCN(C2CCS(=O)(=O)C2)CC1. The molecule has 1 aromatic heterocycles. The summed E-state index contributed by atoms with van der Waals surface area (Å²) in [7, 11) is -2.83. The first kappa shape index (κ1) is 19.7. The van der Waals surface area contributed by atoms with E-state index in [1.807, 2.05) is 25.1 Å². The minimum Gasteiger partial charge on any atom is -0.441 e. The van der Waals surface area contributed by atoms with Gasteiger partial charge >= 0.3 is 0 Å². The van der Waals surface area contributed by atoms with E-state index in [1.165, 1.54) is 5.39 Å². The third-order valence-electron chi connectivity index (χ3n) is 6.42. The molecule has 0 radical (unpaired) electrons. The molecule has 7 heteroatoms. The average Bonchev–Trinajstić information content (AvgIpc) is 3.30. The lowest BCUT2D eigenvalue weighted by Gasteiger charge is -2.37. The van der Waals surface area contributed by atoms with E-state index in [4.69, 9.17) is 9.40 Å². The van der Waals surface area contributed by atoms with Crippen LogP contribution >= 0.6 is 0 Å². The Labute approximate surface area is 177 Å². The van der Waals surface area contributed by atoms with Gasteiger partial charge in [-0.05, 0) is 30.2 Å². The summed E-state index contributed by atoms with van der Waals surface area (Å²) in [5, 5.41) is 2.32. The lowest BCUT2D eigenvalue weighted by atomic mass is 10.0. The number of sulfone groups is 1. The largest absolute Gasteiger partial charge is 0.441 e. The van der Waals surface area contributed by atoms with Gasteiger partial charge in [-0.3, -0.25) is 9.80 Å². The van der Waals surface area contributed by atoms with Crippen LogP contribution in [0.5, 0.6) is 0 Å². The van der Waals surface area contributed by atoms with Crippen molar-refractivity contribution in [3.63, 3.8) is 0 Å². The quantitative estimate of drug-likeness (QED) is 0.640. The smallest absolute Gasteiger partial charge is 0.227 e. The molecule has 30 heavy (non-hydrogen) atoms. The Morgan fingerprint density at radius 2 is 1.83 bits per heavy atom. The molecule has 3 heterocycles. The minimum absolute atomic E-state index is 0.198. The van der Waals surface area contributed by atoms with Crippen molar-refractivity contribution in [2.45, 2.75) is 25.9 Å². The number of fused-ring (bicyclic) bond motifs is 1. The molecule has 1 atom stereocenters. The molecule has 0 amide bonds. The van der Waals surface area contributed by atoms with E-state index in [-0.39, 0.29) is 6.04 Å². The summed E-state index contributed by atoms with van der Waals surface area (Å²) in [6.45, 7) is 6.41. The van der Waals surface area contributed by atoms with E-state index < -0.39 is 9.84 Å². The van der Waals surface area contributed by atoms with Crippen LogP contribution in [0.4, 0.5) is 0 Å². The lowest BCUT2D eigenvalue weighted by Crippen LogP contribution is -2.50. The topological polar surface area (TPSA) is 66.7 Å². The third-order valence-corrected chi connectivity index (χ3v) is 8.17. The van der Waals surface area contributed by atoms with Crippen molar-refractivity contribution in [3.05, 3.63) is 53.9 Å². The number of aryl methyl sites for hydroxylation is 1. The zero-order chi connectivity index (χ0) is 20.7. The van der Waals surface area contributed by atoms with Crippen LogP contribution in [0.3, 0.4) is 0 Å². The molecular formula is C23H27N3O3S. The zero-order valence-electron chi connectivity index (χ0n) is 17.3. The van der Waals surface area contributed by atoms with Gasteiger partial charge in [0.05, 0.1) is 17.2 Å². The second-order valence-electron chi connectivity index (χ2n) is 8.42. The second-order valence-corrected chi connectivity index (χ2v) is 10.6. The van der Waals surface area contributed by atoms with Crippen LogP contribution in [0, 0.1) is 6.92 Å². The Morgan fingerprint density at radius 3 is 2.60 bits per heavy atom. The van der Waals surface area contributed by atoms with Gasteiger partial charge in [-0.2, -0.15) is 0 Å². The van der Waals surface area contributed by atoms with Crippen LogP contribution in [0.15, 0.2) is 46.9 Å². The van der Waals surface area contributed by atoms with E-state index in [1.54, 1.807) is 0 Å². The maximum Gasteiger partial charge on any atom is 0.227 e. The van der Waals surface area contributed by atoms with Gasteiger partial charge in [0.2, 0.25) is 5.89 Å². The first-order valence-electron chi connectivity index (χ1n) is 10.6. The second kappa shape index (κ2) is 7.80. The van der Waals surface area contributed by atoms with Gasteiger partial charge in [0.25, 0.3) is 0 Å². The van der Waals surface area contributed by atoms with Crippen molar-refractivity contribution in [1.29, 1.82) is 0 Å².